The number of methoxy groups -OCH3 is 1. The topological polar surface area (TPSA) is 166 Å². The Hall–Kier alpha value is -4.64. The van der Waals surface area contributed by atoms with E-state index in [9.17, 15) is 53.5 Å². The number of nitrogens with one attached hydrogen (secondary N) is 1. The lowest BCUT2D eigenvalue weighted by Crippen LogP contribution is -2.40. The average molecular weight is 840 g/mol. The summed E-state index contributed by atoms with van der Waals surface area (Å²) >= 11 is 8.67. The molecule has 0 saturated heterocycles. The highest BCUT2D eigenvalue weighted by atomic mass is 79.9. The highest BCUT2D eigenvalue weighted by Gasteiger charge is 2.39. The number of hydrogen-bond donors (Lipinski definition) is 1. The molecule has 0 aliphatic carbocycles. The largest absolute Gasteiger partial charge is 0.573 e. The van der Waals surface area contributed by atoms with Crippen LogP contribution in [0.2, 0.25) is 5.02 Å². The molecule has 1 amide bonds. The minimum Gasteiger partial charge on any atom is -0.467 e. The lowest BCUT2D eigenvalue weighted by Gasteiger charge is -2.13. The van der Waals surface area contributed by atoms with Crippen molar-refractivity contribution in [2.75, 3.05) is 7.11 Å². The van der Waals surface area contributed by atoms with Gasteiger partial charge in [-0.1, -0.05) is 23.7 Å². The van der Waals surface area contributed by atoms with Gasteiger partial charge in [-0.05, 0) is 54.0 Å². The van der Waals surface area contributed by atoms with Gasteiger partial charge in [-0.25, -0.2) is 36.5 Å². The summed E-state index contributed by atoms with van der Waals surface area (Å²) in [6, 6.07) is 3.83. The number of benzene rings is 2. The molecule has 0 unspecified atom stereocenters. The van der Waals surface area contributed by atoms with E-state index in [1.807, 2.05) is 0 Å². The molecule has 14 nitrogen and oxygen atoms in total. The van der Waals surface area contributed by atoms with Gasteiger partial charge in [0.05, 0.1) is 28.3 Å². The first-order chi connectivity index (χ1) is 23.4. The average Bonchev–Trinajstić information content (AvgIpc) is 3.45. The normalized spacial score (nSPS) is 11.9. The molecule has 0 saturated carbocycles. The van der Waals surface area contributed by atoms with Crippen molar-refractivity contribution in [3.63, 3.8) is 0 Å². The van der Waals surface area contributed by atoms with Crippen LogP contribution in [0.4, 0.5) is 35.5 Å². The molecule has 0 spiro atoms. The molecule has 0 bridgehead atoms. The van der Waals surface area contributed by atoms with Gasteiger partial charge in [-0.3, -0.25) is 4.68 Å². The van der Waals surface area contributed by atoms with E-state index in [1.165, 1.54) is 11.8 Å². The molecule has 1 N–H and O–H groups in total. The molecule has 2 aromatic carbocycles. The van der Waals surface area contributed by atoms with Crippen molar-refractivity contribution in [2.45, 2.75) is 37.4 Å². The van der Waals surface area contributed by atoms with Crippen LogP contribution in [0.3, 0.4) is 0 Å². The molecule has 2 aromatic heterocycles. The zero-order valence-electron chi connectivity index (χ0n) is 26.4. The smallest absolute Gasteiger partial charge is 0.467 e. The maximum atomic E-state index is 14.3. The fraction of sp³-hybridized carbons (Fsp3) is 0.296. The first-order valence-corrected chi connectivity index (χ1v) is 16.2. The van der Waals surface area contributed by atoms with E-state index in [1.54, 1.807) is 13.8 Å². The van der Waals surface area contributed by atoms with E-state index in [0.717, 1.165) is 55.1 Å². The molecule has 4 aromatic rings. The van der Waals surface area contributed by atoms with Gasteiger partial charge >= 0.3 is 36.2 Å². The molecule has 2 heterocycles. The summed E-state index contributed by atoms with van der Waals surface area (Å²) in [6.07, 6.45) is -10.3. The minimum atomic E-state index is -5.15. The van der Waals surface area contributed by atoms with Crippen molar-refractivity contribution < 1.29 is 63.0 Å². The van der Waals surface area contributed by atoms with Crippen molar-refractivity contribution in [1.82, 2.24) is 28.9 Å². The quantitative estimate of drug-likeness (QED) is 0.181. The Bertz CT molecular complexity index is 2130. The fourth-order valence-corrected chi connectivity index (χ4v) is 6.03. The number of aryl methyl sites for hydroxylation is 1. The molecule has 0 radical (unpaired) electrons. The van der Waals surface area contributed by atoms with Crippen LogP contribution >= 0.6 is 27.5 Å². The molecule has 4 rings (SSSR count). The first kappa shape index (κ1) is 40.8. The maximum Gasteiger partial charge on any atom is 0.573 e. The number of ether oxygens (including phenoxy) is 3. The molecule has 0 aliphatic heterocycles. The van der Waals surface area contributed by atoms with Crippen LogP contribution in [-0.2, 0) is 35.0 Å². The Morgan fingerprint density at radius 2 is 1.65 bits per heavy atom. The second-order valence-electron chi connectivity index (χ2n) is 10.0. The van der Waals surface area contributed by atoms with Gasteiger partial charge in [0.1, 0.15) is 22.2 Å². The van der Waals surface area contributed by atoms with Crippen molar-refractivity contribution in [1.29, 1.82) is 0 Å². The van der Waals surface area contributed by atoms with Crippen molar-refractivity contribution in [3.05, 3.63) is 73.5 Å². The highest BCUT2D eigenvalue weighted by molar-refractivity contribution is 9.10. The first-order valence-electron chi connectivity index (χ1n) is 13.5. The SMILES string of the molecule is CC(C)OC(=O)c1cc(-c2nn(C)c(C(F)(F)F)c2Br)c(F)cc1Cl.COc1nn(C(=O)NS(=O)(=O)c2ccccc2OC(F)(F)F)c(=O)n1C. The van der Waals surface area contributed by atoms with Crippen molar-refractivity contribution in [2.24, 2.45) is 14.1 Å². The number of sulfonamides is 1. The summed E-state index contributed by atoms with van der Waals surface area (Å²) in [5.41, 5.74) is -2.89. The summed E-state index contributed by atoms with van der Waals surface area (Å²) < 4.78 is 131. The van der Waals surface area contributed by atoms with Gasteiger partial charge in [-0.15, -0.1) is 23.0 Å². The molecular weight excluding hydrogens is 817 g/mol. The molecule has 24 heteroatoms. The van der Waals surface area contributed by atoms with E-state index in [0.29, 0.717) is 4.68 Å². The van der Waals surface area contributed by atoms with E-state index in [4.69, 9.17) is 21.1 Å². The fourth-order valence-electron chi connectivity index (χ4n) is 3.97. The summed E-state index contributed by atoms with van der Waals surface area (Å²) in [5, 5.41) is 6.94. The number of halogens is 9. The third kappa shape index (κ3) is 9.58. The Morgan fingerprint density at radius 3 is 2.16 bits per heavy atom. The maximum absolute atomic E-state index is 14.3. The Balaban J connectivity index is 0.000000276. The predicted molar refractivity (Wildman–Crippen MR) is 165 cm³/mol. The van der Waals surface area contributed by atoms with Gasteiger partial charge in [0.15, 0.2) is 5.69 Å². The second kappa shape index (κ2) is 15.3. The number of amides is 1. The van der Waals surface area contributed by atoms with Gasteiger partial charge < -0.3 is 14.2 Å². The highest BCUT2D eigenvalue weighted by Crippen LogP contribution is 2.41. The molecule has 278 valence electrons. The van der Waals surface area contributed by atoms with Crippen LogP contribution in [0.25, 0.3) is 11.3 Å². The summed E-state index contributed by atoms with van der Waals surface area (Å²) in [4.78, 5) is 34.9. The van der Waals surface area contributed by atoms with Gasteiger partial charge in [0.2, 0.25) is 0 Å². The number of aromatic nitrogens is 5. The predicted octanol–water partition coefficient (Wildman–Crippen LogP) is 5.66. The Labute approximate surface area is 295 Å². The number of carbonyl (C=O) groups excluding carboxylic acids is 2. The number of carbonyl (C=O) groups is 2. The number of nitrogens with zero attached hydrogens (tertiary/aromatic N) is 5. The molecule has 0 atom stereocenters. The van der Waals surface area contributed by atoms with Crippen molar-refractivity contribution in [3.8, 4) is 23.0 Å². The number of alkyl halides is 6. The number of rotatable bonds is 7. The Kier molecular flexibility index (Phi) is 12.2. The zero-order valence-corrected chi connectivity index (χ0v) is 29.5. The molecule has 0 fully saturated rings. The molecular formula is C27H23BrClF7N6O8S. The van der Waals surface area contributed by atoms with Crippen LogP contribution in [0.5, 0.6) is 11.8 Å². The van der Waals surface area contributed by atoms with Gasteiger partial charge in [-0.2, -0.15) is 18.3 Å². The van der Waals surface area contributed by atoms with Crippen LogP contribution in [0, 0.1) is 5.82 Å². The number of hydrogen-bond acceptors (Lipinski definition) is 10. The summed E-state index contributed by atoms with van der Waals surface area (Å²) in [5.74, 6) is -2.78. The van der Waals surface area contributed by atoms with Crippen LogP contribution in [-0.4, -0.2) is 64.1 Å². The van der Waals surface area contributed by atoms with Crippen molar-refractivity contribution >= 4 is 49.6 Å². The Morgan fingerprint density at radius 1 is 1.04 bits per heavy atom. The van der Waals surface area contributed by atoms with Crippen LogP contribution < -0.4 is 19.9 Å². The minimum absolute atomic E-state index is 0.142. The lowest BCUT2D eigenvalue weighted by atomic mass is 10.1. The third-order valence-electron chi connectivity index (χ3n) is 6.03. The van der Waals surface area contributed by atoms with E-state index >= 15 is 0 Å². The number of para-hydroxylation sites is 1. The molecule has 0 aliphatic rings. The third-order valence-corrected chi connectivity index (χ3v) is 8.46. The standard InChI is InChI=1S/C15H12BrClF4N2O2.C12H11F3N4O6S/c1-6(2)25-14(24)7-4-8(10(18)5-9(7)17)12-11(16)13(15(19,20)21)23(3)22-12;1-18-10(24-2)16-19(11(18)21)9(20)17-26(22,23)8-6-4-3-5-7(8)25-12(13,14)15/h4-6H,1-3H3;3-6H,1-2H3,(H,17,20). The monoisotopic (exact) mass is 838 g/mol. The van der Waals surface area contributed by atoms with Gasteiger partial charge in [0.25, 0.3) is 10.0 Å². The second-order valence-corrected chi connectivity index (χ2v) is 12.9. The summed E-state index contributed by atoms with van der Waals surface area (Å²) in [6.45, 7) is 3.22. The van der Waals surface area contributed by atoms with Gasteiger partial charge in [0, 0.05) is 19.7 Å². The number of esters is 1. The zero-order chi connectivity index (χ0) is 38.8. The van der Waals surface area contributed by atoms with E-state index < -0.39 is 73.0 Å². The molecule has 51 heavy (non-hydrogen) atoms. The lowest BCUT2D eigenvalue weighted by molar-refractivity contribution is -0.275. The van der Waals surface area contributed by atoms with E-state index in [2.05, 4.69) is 30.9 Å². The summed E-state index contributed by atoms with van der Waals surface area (Å²) in [7, 11) is -1.36. The van der Waals surface area contributed by atoms with Crippen LogP contribution in [0.1, 0.15) is 29.9 Å². The van der Waals surface area contributed by atoms with Crippen LogP contribution in [0.15, 0.2) is 50.6 Å². The van der Waals surface area contributed by atoms with E-state index in [-0.39, 0.29) is 32.5 Å².